The van der Waals surface area contributed by atoms with Gasteiger partial charge >= 0.3 is 6.09 Å². The van der Waals surface area contributed by atoms with Crippen LogP contribution in [0.3, 0.4) is 0 Å². The summed E-state index contributed by atoms with van der Waals surface area (Å²) in [7, 11) is 0. The molecular formula is C27H25N3O3S. The first-order valence-corrected chi connectivity index (χ1v) is 12.2. The predicted molar refractivity (Wildman–Crippen MR) is 133 cm³/mol. The van der Waals surface area contributed by atoms with Crippen LogP contribution >= 0.6 is 11.8 Å². The SMILES string of the molecule is Cc1ccc2c(c1)nc(SC(Cc1ccccc1)C(=O)N1CCOC1=O)n2Cc1ccccc1. The van der Waals surface area contributed by atoms with E-state index in [0.29, 0.717) is 13.0 Å². The number of carbonyl (C=O) groups is 2. The summed E-state index contributed by atoms with van der Waals surface area (Å²) in [6.07, 6.45) is -0.0844. The molecule has 2 heterocycles. The lowest BCUT2D eigenvalue weighted by molar-refractivity contribution is -0.127. The number of aryl methyl sites for hydroxylation is 1. The lowest BCUT2D eigenvalue weighted by atomic mass is 10.1. The fourth-order valence-corrected chi connectivity index (χ4v) is 5.33. The van der Waals surface area contributed by atoms with E-state index >= 15 is 0 Å². The molecule has 0 bridgehead atoms. The number of thioether (sulfide) groups is 1. The zero-order chi connectivity index (χ0) is 23.5. The van der Waals surface area contributed by atoms with Gasteiger partial charge in [0.1, 0.15) is 6.61 Å². The van der Waals surface area contributed by atoms with Gasteiger partial charge in [-0.05, 0) is 42.2 Å². The summed E-state index contributed by atoms with van der Waals surface area (Å²) in [6.45, 7) is 3.20. The van der Waals surface area contributed by atoms with Crippen LogP contribution in [0.2, 0.25) is 0 Å². The lowest BCUT2D eigenvalue weighted by Gasteiger charge is -2.20. The van der Waals surface area contributed by atoms with Crippen molar-refractivity contribution in [3.63, 3.8) is 0 Å². The van der Waals surface area contributed by atoms with Crippen molar-refractivity contribution in [2.24, 2.45) is 0 Å². The molecule has 0 spiro atoms. The van der Waals surface area contributed by atoms with Crippen LogP contribution in [-0.2, 0) is 22.5 Å². The summed E-state index contributed by atoms with van der Waals surface area (Å²) in [6, 6.07) is 26.3. The van der Waals surface area contributed by atoms with Gasteiger partial charge in [0.2, 0.25) is 5.91 Å². The quantitative estimate of drug-likeness (QED) is 0.352. The van der Waals surface area contributed by atoms with Gasteiger partial charge in [-0.2, -0.15) is 0 Å². The summed E-state index contributed by atoms with van der Waals surface area (Å²) in [5, 5.41) is 0.242. The van der Waals surface area contributed by atoms with Crippen LogP contribution < -0.4 is 0 Å². The zero-order valence-corrected chi connectivity index (χ0v) is 19.7. The van der Waals surface area contributed by atoms with Crippen molar-refractivity contribution in [2.75, 3.05) is 13.2 Å². The molecule has 5 rings (SSSR count). The highest BCUT2D eigenvalue weighted by Gasteiger charge is 2.35. The highest BCUT2D eigenvalue weighted by atomic mass is 32.2. The van der Waals surface area contributed by atoms with E-state index in [1.165, 1.54) is 16.7 Å². The Labute approximate surface area is 202 Å². The normalized spacial score (nSPS) is 14.4. The van der Waals surface area contributed by atoms with Gasteiger partial charge in [0.15, 0.2) is 5.16 Å². The first kappa shape index (κ1) is 22.2. The maximum atomic E-state index is 13.5. The number of amides is 2. The van der Waals surface area contributed by atoms with E-state index < -0.39 is 11.3 Å². The number of benzene rings is 3. The molecule has 0 radical (unpaired) electrons. The minimum atomic E-state index is -0.572. The standard InChI is InChI=1S/C27H25N3O3S/c1-19-12-13-23-22(16-19)28-26(30(23)18-21-10-6-3-7-11-21)34-24(17-20-8-4-2-5-9-20)25(31)29-14-15-33-27(29)32/h2-13,16,24H,14-15,17-18H2,1H3. The fraction of sp³-hybridized carbons (Fsp3) is 0.222. The molecule has 1 aliphatic heterocycles. The van der Waals surface area contributed by atoms with Crippen LogP contribution in [0.4, 0.5) is 4.79 Å². The third kappa shape index (κ3) is 4.70. The average Bonchev–Trinajstić information content (AvgIpc) is 3.42. The second-order valence-electron chi connectivity index (χ2n) is 8.36. The Morgan fingerprint density at radius 1 is 1.03 bits per heavy atom. The number of carbonyl (C=O) groups excluding carboxylic acids is 2. The smallest absolute Gasteiger partial charge is 0.416 e. The molecule has 0 aliphatic carbocycles. The summed E-state index contributed by atoms with van der Waals surface area (Å²) in [5.41, 5.74) is 5.22. The van der Waals surface area contributed by atoms with Gasteiger partial charge in [0.25, 0.3) is 0 Å². The number of ether oxygens (including phenoxy) is 1. The number of hydrogen-bond donors (Lipinski definition) is 0. The van der Waals surface area contributed by atoms with Crippen LogP contribution in [0.15, 0.2) is 84.0 Å². The number of hydrogen-bond acceptors (Lipinski definition) is 5. The van der Waals surface area contributed by atoms with Crippen molar-refractivity contribution in [3.05, 3.63) is 95.6 Å². The monoisotopic (exact) mass is 471 g/mol. The molecule has 172 valence electrons. The number of cyclic esters (lactones) is 1. The molecule has 1 fully saturated rings. The van der Waals surface area contributed by atoms with Gasteiger partial charge in [0, 0.05) is 0 Å². The largest absolute Gasteiger partial charge is 0.447 e. The Balaban J connectivity index is 1.53. The molecule has 1 unspecified atom stereocenters. The summed E-state index contributed by atoms with van der Waals surface area (Å²) < 4.78 is 7.19. The summed E-state index contributed by atoms with van der Waals surface area (Å²) >= 11 is 1.41. The van der Waals surface area contributed by atoms with Crippen molar-refractivity contribution in [2.45, 2.75) is 30.3 Å². The molecule has 1 aromatic heterocycles. The molecule has 2 amide bonds. The number of rotatable bonds is 7. The van der Waals surface area contributed by atoms with E-state index in [9.17, 15) is 9.59 Å². The summed E-state index contributed by atoms with van der Waals surface area (Å²) in [4.78, 5) is 31.8. The Hall–Kier alpha value is -3.58. The molecule has 4 aromatic rings. The van der Waals surface area contributed by atoms with E-state index in [0.717, 1.165) is 32.9 Å². The number of fused-ring (bicyclic) bond motifs is 1. The van der Waals surface area contributed by atoms with Gasteiger partial charge in [-0.3, -0.25) is 4.79 Å². The van der Waals surface area contributed by atoms with E-state index in [-0.39, 0.29) is 19.1 Å². The lowest BCUT2D eigenvalue weighted by Crippen LogP contribution is -2.39. The molecule has 0 saturated carbocycles. The molecular weight excluding hydrogens is 446 g/mol. The third-order valence-corrected chi connectivity index (χ3v) is 7.04. The summed E-state index contributed by atoms with van der Waals surface area (Å²) in [5.74, 6) is -0.245. The molecule has 7 heteroatoms. The van der Waals surface area contributed by atoms with Crippen LogP contribution in [0, 0.1) is 6.92 Å². The van der Waals surface area contributed by atoms with Gasteiger partial charge in [-0.25, -0.2) is 14.7 Å². The Morgan fingerprint density at radius 2 is 1.74 bits per heavy atom. The van der Waals surface area contributed by atoms with E-state index in [1.807, 2.05) is 55.5 Å². The van der Waals surface area contributed by atoms with Gasteiger partial charge < -0.3 is 9.30 Å². The second-order valence-corrected chi connectivity index (χ2v) is 9.53. The highest BCUT2D eigenvalue weighted by molar-refractivity contribution is 8.00. The molecule has 3 aromatic carbocycles. The number of imide groups is 1. The van der Waals surface area contributed by atoms with E-state index in [4.69, 9.17) is 9.72 Å². The van der Waals surface area contributed by atoms with Crippen molar-refractivity contribution < 1.29 is 14.3 Å². The van der Waals surface area contributed by atoms with Crippen molar-refractivity contribution in [1.82, 2.24) is 14.5 Å². The van der Waals surface area contributed by atoms with Crippen molar-refractivity contribution >= 4 is 34.8 Å². The average molecular weight is 472 g/mol. The van der Waals surface area contributed by atoms with Gasteiger partial charge in [0.05, 0.1) is 29.4 Å². The number of imidazole rings is 1. The first-order valence-electron chi connectivity index (χ1n) is 11.3. The Morgan fingerprint density at radius 3 is 2.41 bits per heavy atom. The van der Waals surface area contributed by atoms with E-state index in [2.05, 4.69) is 34.9 Å². The molecule has 6 nitrogen and oxygen atoms in total. The van der Waals surface area contributed by atoms with Crippen molar-refractivity contribution in [3.8, 4) is 0 Å². The molecule has 0 N–H and O–H groups in total. The minimum Gasteiger partial charge on any atom is -0.447 e. The van der Waals surface area contributed by atoms with Crippen molar-refractivity contribution in [1.29, 1.82) is 0 Å². The molecule has 1 saturated heterocycles. The third-order valence-electron chi connectivity index (χ3n) is 5.87. The number of aromatic nitrogens is 2. The topological polar surface area (TPSA) is 64.4 Å². The molecule has 34 heavy (non-hydrogen) atoms. The van der Waals surface area contributed by atoms with E-state index in [1.54, 1.807) is 0 Å². The molecule has 1 atom stereocenters. The highest BCUT2D eigenvalue weighted by Crippen LogP contribution is 2.32. The van der Waals surface area contributed by atoms with Crippen LogP contribution in [-0.4, -0.2) is 44.9 Å². The fourth-order valence-electron chi connectivity index (χ4n) is 4.13. The van der Waals surface area contributed by atoms with Gasteiger partial charge in [-0.1, -0.05) is 78.5 Å². The Kier molecular flexibility index (Phi) is 6.36. The van der Waals surface area contributed by atoms with Gasteiger partial charge in [-0.15, -0.1) is 0 Å². The predicted octanol–water partition coefficient (Wildman–Crippen LogP) is 5.08. The number of nitrogens with zero attached hydrogens (tertiary/aromatic N) is 3. The van der Waals surface area contributed by atoms with Crippen LogP contribution in [0.1, 0.15) is 16.7 Å². The maximum absolute atomic E-state index is 13.5. The maximum Gasteiger partial charge on any atom is 0.416 e. The Bertz CT molecular complexity index is 1320. The zero-order valence-electron chi connectivity index (χ0n) is 18.9. The minimum absolute atomic E-state index is 0.235. The van der Waals surface area contributed by atoms with Crippen LogP contribution in [0.5, 0.6) is 0 Å². The second kappa shape index (κ2) is 9.73. The first-order chi connectivity index (χ1) is 16.6. The molecule has 1 aliphatic rings. The van der Waals surface area contributed by atoms with Crippen LogP contribution in [0.25, 0.3) is 11.0 Å².